The lowest BCUT2D eigenvalue weighted by Gasteiger charge is -2.26. The van der Waals surface area contributed by atoms with Gasteiger partial charge in [-0.2, -0.15) is 0 Å². The first-order valence-corrected chi connectivity index (χ1v) is 7.87. The summed E-state index contributed by atoms with van der Waals surface area (Å²) in [6.07, 6.45) is 1.05. The van der Waals surface area contributed by atoms with E-state index in [1.165, 1.54) is 0 Å². The Labute approximate surface area is 127 Å². The molecule has 0 aromatic carbocycles. The van der Waals surface area contributed by atoms with Crippen molar-refractivity contribution in [3.63, 3.8) is 0 Å². The molecule has 0 aromatic rings. The van der Waals surface area contributed by atoms with E-state index in [1.807, 2.05) is 20.8 Å². The van der Waals surface area contributed by atoms with E-state index in [2.05, 4.69) is 27.8 Å². The van der Waals surface area contributed by atoms with Gasteiger partial charge in [-0.25, -0.2) is 4.79 Å². The molecule has 21 heavy (non-hydrogen) atoms. The minimum atomic E-state index is -0.415. The van der Waals surface area contributed by atoms with Crippen LogP contribution in [0.15, 0.2) is 0 Å². The van der Waals surface area contributed by atoms with E-state index in [9.17, 15) is 9.59 Å². The monoisotopic (exact) mass is 296 g/mol. The maximum Gasteiger partial charge on any atom is 0.321 e. The van der Waals surface area contributed by atoms with Gasteiger partial charge >= 0.3 is 6.03 Å². The second-order valence-electron chi connectivity index (χ2n) is 7.24. The van der Waals surface area contributed by atoms with E-state index >= 15 is 0 Å². The zero-order valence-electron chi connectivity index (χ0n) is 13.5. The van der Waals surface area contributed by atoms with Gasteiger partial charge in [-0.1, -0.05) is 6.92 Å². The van der Waals surface area contributed by atoms with Gasteiger partial charge in [0.25, 0.3) is 0 Å². The summed E-state index contributed by atoms with van der Waals surface area (Å²) in [5.74, 6) is 1.07. The summed E-state index contributed by atoms with van der Waals surface area (Å²) in [5.41, 5.74) is -0.341. The van der Waals surface area contributed by atoms with Crippen LogP contribution in [0.1, 0.15) is 34.1 Å². The summed E-state index contributed by atoms with van der Waals surface area (Å²) in [6.45, 7) is 11.2. The van der Waals surface area contributed by atoms with E-state index in [0.29, 0.717) is 24.4 Å². The second-order valence-corrected chi connectivity index (χ2v) is 7.24. The number of carbonyl (C=O) groups excluding carboxylic acids is 2. The van der Waals surface area contributed by atoms with Crippen molar-refractivity contribution < 1.29 is 9.59 Å². The van der Waals surface area contributed by atoms with Gasteiger partial charge in [-0.15, -0.1) is 0 Å². The van der Waals surface area contributed by atoms with Crippen LogP contribution in [0.5, 0.6) is 0 Å². The molecule has 3 N–H and O–H groups in total. The predicted molar refractivity (Wildman–Crippen MR) is 81.9 cm³/mol. The zero-order chi connectivity index (χ0) is 15.6. The van der Waals surface area contributed by atoms with Crippen LogP contribution in [0.4, 0.5) is 4.79 Å². The lowest BCUT2D eigenvalue weighted by atomic mass is 9.93. The first-order valence-electron chi connectivity index (χ1n) is 7.87. The summed E-state index contributed by atoms with van der Waals surface area (Å²) in [7, 11) is 0. The molecular formula is C15H28N4O2. The van der Waals surface area contributed by atoms with Gasteiger partial charge < -0.3 is 10.6 Å². The highest BCUT2D eigenvalue weighted by atomic mass is 16.2. The number of fused-ring (bicyclic) bond motifs is 1. The molecule has 3 amide bonds. The molecule has 3 unspecified atom stereocenters. The molecule has 0 spiro atoms. The normalized spacial score (nSPS) is 29.2. The average Bonchev–Trinajstić information content (AvgIpc) is 2.85. The van der Waals surface area contributed by atoms with Crippen molar-refractivity contribution in [3.8, 4) is 0 Å². The summed E-state index contributed by atoms with van der Waals surface area (Å²) >= 11 is 0. The van der Waals surface area contributed by atoms with Crippen LogP contribution in [-0.2, 0) is 4.79 Å². The van der Waals surface area contributed by atoms with Crippen LogP contribution in [0.25, 0.3) is 0 Å². The lowest BCUT2D eigenvalue weighted by Crippen LogP contribution is -2.51. The number of carbonyl (C=O) groups is 2. The molecule has 0 aromatic heterocycles. The van der Waals surface area contributed by atoms with Crippen molar-refractivity contribution >= 4 is 11.9 Å². The number of likely N-dealkylation sites (tertiary alicyclic amines) is 1. The Morgan fingerprint density at radius 1 is 1.29 bits per heavy atom. The molecule has 0 radical (unpaired) electrons. The third kappa shape index (κ3) is 4.17. The number of nitrogens with zero attached hydrogens (tertiary/aromatic N) is 1. The Balaban J connectivity index is 1.84. The third-order valence-electron chi connectivity index (χ3n) is 4.33. The van der Waals surface area contributed by atoms with Crippen molar-refractivity contribution in [1.82, 2.24) is 20.9 Å². The molecule has 2 saturated heterocycles. The fourth-order valence-electron chi connectivity index (χ4n) is 3.58. The number of rotatable bonds is 3. The van der Waals surface area contributed by atoms with Gasteiger partial charge in [-0.3, -0.25) is 15.0 Å². The number of urea groups is 1. The summed E-state index contributed by atoms with van der Waals surface area (Å²) in [6, 6.07) is 0.0306. The van der Waals surface area contributed by atoms with Crippen molar-refractivity contribution in [2.75, 3.05) is 26.2 Å². The SMILES string of the molecule is CCC1C2CNCC2CN1CC(=O)NC(=O)NC(C)(C)C. The van der Waals surface area contributed by atoms with E-state index in [0.717, 1.165) is 26.1 Å². The number of hydrogen-bond donors (Lipinski definition) is 3. The van der Waals surface area contributed by atoms with Crippen LogP contribution in [0.3, 0.4) is 0 Å². The van der Waals surface area contributed by atoms with Gasteiger partial charge in [0, 0.05) is 18.1 Å². The Kier molecular flexibility index (Phi) is 4.88. The quantitative estimate of drug-likeness (QED) is 0.711. The van der Waals surface area contributed by atoms with Crippen molar-refractivity contribution in [2.45, 2.75) is 45.7 Å². The minimum absolute atomic E-state index is 0.219. The molecule has 2 aliphatic rings. The van der Waals surface area contributed by atoms with E-state index in [4.69, 9.17) is 0 Å². The van der Waals surface area contributed by atoms with E-state index in [-0.39, 0.29) is 11.4 Å². The summed E-state index contributed by atoms with van der Waals surface area (Å²) in [4.78, 5) is 26.0. The number of hydrogen-bond acceptors (Lipinski definition) is 4. The number of amides is 3. The van der Waals surface area contributed by atoms with Crippen molar-refractivity contribution in [1.29, 1.82) is 0 Å². The topological polar surface area (TPSA) is 73.5 Å². The van der Waals surface area contributed by atoms with Gasteiger partial charge in [0.2, 0.25) is 5.91 Å². The minimum Gasteiger partial charge on any atom is -0.333 e. The van der Waals surface area contributed by atoms with Crippen molar-refractivity contribution in [2.24, 2.45) is 11.8 Å². The molecule has 0 bridgehead atoms. The number of imide groups is 1. The number of nitrogens with one attached hydrogen (secondary N) is 3. The molecule has 2 heterocycles. The average molecular weight is 296 g/mol. The van der Waals surface area contributed by atoms with Crippen LogP contribution in [0.2, 0.25) is 0 Å². The Morgan fingerprint density at radius 3 is 2.62 bits per heavy atom. The van der Waals surface area contributed by atoms with Gasteiger partial charge in [0.15, 0.2) is 0 Å². The molecular weight excluding hydrogens is 268 g/mol. The van der Waals surface area contributed by atoms with E-state index in [1.54, 1.807) is 0 Å². The van der Waals surface area contributed by atoms with Gasteiger partial charge in [0.05, 0.1) is 6.54 Å². The standard InChI is InChI=1S/C15H28N4O2/c1-5-12-11-7-16-6-10(11)8-19(12)9-13(20)17-14(21)18-15(2,3)4/h10-12,16H,5-9H2,1-4H3,(H2,17,18,20,21). The highest BCUT2D eigenvalue weighted by Crippen LogP contribution is 2.33. The Morgan fingerprint density at radius 2 is 2.00 bits per heavy atom. The highest BCUT2D eigenvalue weighted by Gasteiger charge is 2.43. The fourth-order valence-corrected chi connectivity index (χ4v) is 3.58. The maximum absolute atomic E-state index is 12.0. The molecule has 0 saturated carbocycles. The van der Waals surface area contributed by atoms with Crippen LogP contribution < -0.4 is 16.0 Å². The second kappa shape index (κ2) is 6.32. The first-order chi connectivity index (χ1) is 9.80. The largest absolute Gasteiger partial charge is 0.333 e. The highest BCUT2D eigenvalue weighted by molar-refractivity contribution is 5.95. The fraction of sp³-hybridized carbons (Fsp3) is 0.867. The molecule has 6 heteroatoms. The molecule has 2 aliphatic heterocycles. The molecule has 2 rings (SSSR count). The zero-order valence-corrected chi connectivity index (χ0v) is 13.5. The predicted octanol–water partition coefficient (Wildman–Crippen LogP) is 0.541. The smallest absolute Gasteiger partial charge is 0.321 e. The summed E-state index contributed by atoms with van der Waals surface area (Å²) < 4.78 is 0. The Hall–Kier alpha value is -1.14. The molecule has 6 nitrogen and oxygen atoms in total. The molecule has 120 valence electrons. The molecule has 2 fully saturated rings. The van der Waals surface area contributed by atoms with Crippen LogP contribution in [0, 0.1) is 11.8 Å². The van der Waals surface area contributed by atoms with Gasteiger partial charge in [-0.05, 0) is 52.1 Å². The third-order valence-corrected chi connectivity index (χ3v) is 4.33. The summed E-state index contributed by atoms with van der Waals surface area (Å²) in [5, 5.41) is 8.60. The Bertz CT molecular complexity index is 405. The first kappa shape index (κ1) is 16.2. The van der Waals surface area contributed by atoms with Crippen LogP contribution in [-0.4, -0.2) is 54.6 Å². The van der Waals surface area contributed by atoms with Crippen molar-refractivity contribution in [3.05, 3.63) is 0 Å². The lowest BCUT2D eigenvalue weighted by molar-refractivity contribution is -0.121. The van der Waals surface area contributed by atoms with E-state index < -0.39 is 6.03 Å². The van der Waals surface area contributed by atoms with Gasteiger partial charge in [0.1, 0.15) is 0 Å². The molecule has 3 atom stereocenters. The molecule has 0 aliphatic carbocycles. The van der Waals surface area contributed by atoms with Crippen LogP contribution >= 0.6 is 0 Å². The maximum atomic E-state index is 12.0.